The molecule has 0 spiro atoms. The predicted octanol–water partition coefficient (Wildman–Crippen LogP) is 1.26. The molecule has 62 valence electrons. The van der Waals surface area contributed by atoms with Crippen LogP contribution in [0.1, 0.15) is 6.42 Å². The van der Waals surface area contributed by atoms with Crippen molar-refractivity contribution in [1.29, 1.82) is 0 Å². The normalized spacial score (nSPS) is 22.6. The smallest absolute Gasteiger partial charge is 0.146 e. The maximum absolute atomic E-state index is 5.06. The first kappa shape index (κ1) is 8.74. The first-order valence-electron chi connectivity index (χ1n) is 3.52. The van der Waals surface area contributed by atoms with Gasteiger partial charge in [-0.25, -0.2) is 0 Å². The molecule has 1 heterocycles. The Bertz CT molecular complexity index is 170. The molecule has 0 radical (unpaired) electrons. The Hall–Kier alpha value is -0.350. The highest BCUT2D eigenvalue weighted by Gasteiger charge is 2.17. The molecule has 1 N–H and O–H groups in total. The fourth-order valence-corrected chi connectivity index (χ4v) is 1.29. The van der Waals surface area contributed by atoms with E-state index in [4.69, 9.17) is 4.84 Å². The summed E-state index contributed by atoms with van der Waals surface area (Å²) in [5, 5.41) is 6.92. The third kappa shape index (κ3) is 3.03. The van der Waals surface area contributed by atoms with Gasteiger partial charge in [0.25, 0.3) is 0 Å². The summed E-state index contributed by atoms with van der Waals surface area (Å²) in [5.41, 5.74) is 0. The summed E-state index contributed by atoms with van der Waals surface area (Å²) < 4.78 is 0.892. The Kier molecular flexibility index (Phi) is 3.59. The van der Waals surface area contributed by atoms with Crippen LogP contribution in [-0.2, 0) is 4.84 Å². The van der Waals surface area contributed by atoms with E-state index in [1.54, 1.807) is 0 Å². The first-order chi connectivity index (χ1) is 5.33. The summed E-state index contributed by atoms with van der Waals surface area (Å²) in [6, 6.07) is 0. The van der Waals surface area contributed by atoms with Gasteiger partial charge in [-0.2, -0.15) is 0 Å². The van der Waals surface area contributed by atoms with E-state index >= 15 is 0 Å². The van der Waals surface area contributed by atoms with Crippen LogP contribution in [0.2, 0.25) is 0 Å². The number of halogens is 1. The highest BCUT2D eigenvalue weighted by molar-refractivity contribution is 9.18. The summed E-state index contributed by atoms with van der Waals surface area (Å²) in [7, 11) is 0. The molecule has 3 nitrogen and oxygen atoms in total. The quantitative estimate of drug-likeness (QED) is 0.570. The predicted molar refractivity (Wildman–Crippen MR) is 48.9 cm³/mol. The van der Waals surface area contributed by atoms with Crippen LogP contribution in [0.5, 0.6) is 0 Å². The van der Waals surface area contributed by atoms with Gasteiger partial charge >= 0.3 is 0 Å². The summed E-state index contributed by atoms with van der Waals surface area (Å²) in [5.74, 6) is 0. The zero-order valence-electron chi connectivity index (χ0n) is 6.22. The van der Waals surface area contributed by atoms with Crippen molar-refractivity contribution in [2.24, 2.45) is 5.16 Å². The minimum absolute atomic E-state index is 0.185. The number of oxime groups is 1. The first-order valence-corrected chi connectivity index (χ1v) is 4.32. The number of hydrogen-bond acceptors (Lipinski definition) is 3. The average Bonchev–Trinajstić information content (AvgIpc) is 2.37. The monoisotopic (exact) mass is 218 g/mol. The Labute approximate surface area is 74.6 Å². The molecular formula is C7H11BrN2O. The van der Waals surface area contributed by atoms with Gasteiger partial charge in [0, 0.05) is 19.5 Å². The Morgan fingerprint density at radius 2 is 2.73 bits per heavy atom. The Balaban J connectivity index is 2.06. The van der Waals surface area contributed by atoms with Crippen molar-refractivity contribution in [3.05, 3.63) is 12.7 Å². The maximum Gasteiger partial charge on any atom is 0.146 e. The third-order valence-electron chi connectivity index (χ3n) is 1.36. The minimum atomic E-state index is 0.185. The van der Waals surface area contributed by atoms with Crippen LogP contribution in [0.4, 0.5) is 0 Å². The molecule has 0 saturated heterocycles. The standard InChI is InChI=1S/C7H11BrN2O/c1-2-3-9-5-6-4-7(8)10-11-6/h2,6,9H,1,3-5H2. The van der Waals surface area contributed by atoms with Crippen molar-refractivity contribution in [3.8, 4) is 0 Å². The summed E-state index contributed by atoms with van der Waals surface area (Å²) >= 11 is 3.26. The molecule has 1 rings (SSSR count). The number of nitrogens with zero attached hydrogens (tertiary/aromatic N) is 1. The van der Waals surface area contributed by atoms with E-state index < -0.39 is 0 Å². The van der Waals surface area contributed by atoms with Gasteiger partial charge in [-0.05, 0) is 15.9 Å². The van der Waals surface area contributed by atoms with E-state index in [-0.39, 0.29) is 6.10 Å². The lowest BCUT2D eigenvalue weighted by molar-refractivity contribution is 0.0859. The van der Waals surface area contributed by atoms with Crippen LogP contribution >= 0.6 is 15.9 Å². The molecule has 0 aromatic carbocycles. The molecule has 0 aromatic rings. The van der Waals surface area contributed by atoms with Crippen LogP contribution < -0.4 is 5.32 Å². The van der Waals surface area contributed by atoms with E-state index in [2.05, 4.69) is 33.0 Å². The van der Waals surface area contributed by atoms with Gasteiger partial charge in [-0.1, -0.05) is 11.2 Å². The van der Waals surface area contributed by atoms with Crippen LogP contribution in [0.15, 0.2) is 17.8 Å². The van der Waals surface area contributed by atoms with Crippen LogP contribution in [-0.4, -0.2) is 23.8 Å². The fourth-order valence-electron chi connectivity index (χ4n) is 0.850. The minimum Gasteiger partial charge on any atom is -0.390 e. The molecule has 0 aliphatic carbocycles. The molecule has 1 unspecified atom stereocenters. The lowest BCUT2D eigenvalue weighted by Gasteiger charge is -2.06. The fraction of sp³-hybridized carbons (Fsp3) is 0.571. The summed E-state index contributed by atoms with van der Waals surface area (Å²) in [4.78, 5) is 5.06. The molecule has 0 fully saturated rings. The van der Waals surface area contributed by atoms with Crippen LogP contribution in [0.25, 0.3) is 0 Å². The van der Waals surface area contributed by atoms with Gasteiger partial charge in [-0.15, -0.1) is 6.58 Å². The average molecular weight is 219 g/mol. The van der Waals surface area contributed by atoms with E-state index in [1.807, 2.05) is 6.08 Å². The molecule has 0 saturated carbocycles. The molecule has 1 aliphatic heterocycles. The lowest BCUT2D eigenvalue weighted by Crippen LogP contribution is -2.26. The number of hydrogen-bond donors (Lipinski definition) is 1. The highest BCUT2D eigenvalue weighted by Crippen LogP contribution is 2.12. The molecular weight excluding hydrogens is 208 g/mol. The second-order valence-corrected chi connectivity index (χ2v) is 3.26. The molecule has 1 atom stereocenters. The lowest BCUT2D eigenvalue weighted by atomic mass is 10.3. The van der Waals surface area contributed by atoms with E-state index in [0.29, 0.717) is 0 Å². The topological polar surface area (TPSA) is 33.6 Å². The van der Waals surface area contributed by atoms with Gasteiger partial charge in [0.1, 0.15) is 10.7 Å². The molecule has 0 amide bonds. The van der Waals surface area contributed by atoms with Gasteiger partial charge in [-0.3, -0.25) is 0 Å². The largest absolute Gasteiger partial charge is 0.390 e. The zero-order chi connectivity index (χ0) is 8.10. The van der Waals surface area contributed by atoms with Crippen molar-refractivity contribution in [2.45, 2.75) is 12.5 Å². The van der Waals surface area contributed by atoms with Gasteiger partial charge < -0.3 is 10.2 Å². The van der Waals surface area contributed by atoms with Gasteiger partial charge in [0.2, 0.25) is 0 Å². The molecule has 11 heavy (non-hydrogen) atoms. The Morgan fingerprint density at radius 3 is 3.27 bits per heavy atom. The molecule has 0 aromatic heterocycles. The highest BCUT2D eigenvalue weighted by atomic mass is 79.9. The van der Waals surface area contributed by atoms with Gasteiger partial charge in [0.15, 0.2) is 0 Å². The maximum atomic E-state index is 5.06. The summed E-state index contributed by atoms with van der Waals surface area (Å²) in [6.07, 6.45) is 2.87. The van der Waals surface area contributed by atoms with E-state index in [0.717, 1.165) is 24.1 Å². The second-order valence-electron chi connectivity index (χ2n) is 2.35. The third-order valence-corrected chi connectivity index (χ3v) is 1.83. The molecule has 1 aliphatic rings. The Morgan fingerprint density at radius 1 is 1.91 bits per heavy atom. The van der Waals surface area contributed by atoms with Crippen molar-refractivity contribution < 1.29 is 4.84 Å². The van der Waals surface area contributed by atoms with Crippen molar-refractivity contribution in [2.75, 3.05) is 13.1 Å². The second kappa shape index (κ2) is 4.51. The van der Waals surface area contributed by atoms with Crippen LogP contribution in [0.3, 0.4) is 0 Å². The van der Waals surface area contributed by atoms with Crippen molar-refractivity contribution >= 4 is 20.6 Å². The zero-order valence-corrected chi connectivity index (χ0v) is 7.80. The van der Waals surface area contributed by atoms with E-state index in [9.17, 15) is 0 Å². The van der Waals surface area contributed by atoms with Crippen molar-refractivity contribution in [3.63, 3.8) is 0 Å². The van der Waals surface area contributed by atoms with Crippen molar-refractivity contribution in [1.82, 2.24) is 5.32 Å². The SMILES string of the molecule is C=CCNCC1CC(Br)=NO1. The number of nitrogens with one attached hydrogen (secondary N) is 1. The van der Waals surface area contributed by atoms with Crippen LogP contribution in [0, 0.1) is 0 Å². The van der Waals surface area contributed by atoms with E-state index in [1.165, 1.54) is 0 Å². The number of rotatable bonds is 4. The molecule has 0 bridgehead atoms. The summed E-state index contributed by atoms with van der Waals surface area (Å²) in [6.45, 7) is 5.24. The van der Waals surface area contributed by atoms with Gasteiger partial charge in [0.05, 0.1) is 0 Å². The molecule has 4 heteroatoms.